The number of nitrogens with zero attached hydrogens (tertiary/aromatic N) is 3. The van der Waals surface area contributed by atoms with Crippen molar-refractivity contribution in [3.05, 3.63) is 176 Å². The van der Waals surface area contributed by atoms with Gasteiger partial charge in [-0.15, -0.1) is 0 Å². The van der Waals surface area contributed by atoms with Crippen LogP contribution in [-0.4, -0.2) is 14.0 Å². The van der Waals surface area contributed by atoms with Gasteiger partial charge in [0.05, 0.1) is 27.8 Å². The lowest BCUT2D eigenvalue weighted by Crippen LogP contribution is -1.96. The van der Waals surface area contributed by atoms with Crippen LogP contribution in [0.5, 0.6) is 0 Å². The number of fused-ring (bicyclic) bond motifs is 9. The van der Waals surface area contributed by atoms with Crippen molar-refractivity contribution in [1.82, 2.24) is 14.0 Å². The van der Waals surface area contributed by atoms with Crippen LogP contribution in [0, 0.1) is 0 Å². The molecule has 3 nitrogen and oxygen atoms in total. The fraction of sp³-hybridized carbons (Fsp3) is 0. The predicted octanol–water partition coefficient (Wildman–Crippen LogP) is 11.7. The summed E-state index contributed by atoms with van der Waals surface area (Å²) in [6, 6.07) is 63.0. The minimum atomic E-state index is 0.939. The van der Waals surface area contributed by atoms with Gasteiger partial charge in [-0.2, -0.15) is 0 Å². The first kappa shape index (κ1) is 26.7. The summed E-state index contributed by atoms with van der Waals surface area (Å²) < 4.78 is 4.79. The molecule has 0 aliphatic carbocycles. The predicted molar refractivity (Wildman–Crippen MR) is 201 cm³/mol. The molecule has 0 fully saturated rings. The number of imidazole rings is 1. The molecule has 224 valence electrons. The first-order valence-electron chi connectivity index (χ1n) is 16.4. The largest absolute Gasteiger partial charge is 0.309 e. The van der Waals surface area contributed by atoms with E-state index in [1.807, 2.05) is 0 Å². The Morgan fingerprint density at radius 3 is 1.60 bits per heavy atom. The van der Waals surface area contributed by atoms with Crippen LogP contribution in [0.4, 0.5) is 0 Å². The van der Waals surface area contributed by atoms with Crippen LogP contribution in [0.3, 0.4) is 0 Å². The molecule has 0 N–H and O–H groups in total. The van der Waals surface area contributed by atoms with Crippen molar-refractivity contribution in [3.63, 3.8) is 0 Å². The van der Waals surface area contributed by atoms with Gasteiger partial charge in [0, 0.05) is 38.4 Å². The van der Waals surface area contributed by atoms with Crippen LogP contribution in [0.15, 0.2) is 176 Å². The Hall–Kier alpha value is -6.45. The van der Waals surface area contributed by atoms with E-state index < -0.39 is 0 Å². The van der Waals surface area contributed by atoms with Gasteiger partial charge in [0.2, 0.25) is 0 Å². The summed E-state index contributed by atoms with van der Waals surface area (Å²) in [5, 5.41) is 6.10. The highest BCUT2D eigenvalue weighted by atomic mass is 15.0. The summed E-state index contributed by atoms with van der Waals surface area (Å²) in [5.74, 6) is 0.939. The van der Waals surface area contributed by atoms with Crippen LogP contribution < -0.4 is 0 Å². The molecule has 7 aromatic carbocycles. The second-order valence-electron chi connectivity index (χ2n) is 12.4. The third-order valence-corrected chi connectivity index (χ3v) is 9.69. The molecule has 0 aliphatic heterocycles. The SMILES string of the molecule is c1ccc(-c2ccc(-c3nc(-c4ccccc4)n4c5ccccc5c5cc6c7ccccc7n(-c7ccccc7)c6cc5c34)cc2)cc1. The summed E-state index contributed by atoms with van der Waals surface area (Å²) >= 11 is 0. The minimum absolute atomic E-state index is 0.939. The minimum Gasteiger partial charge on any atom is -0.309 e. The first-order chi connectivity index (χ1) is 23.8. The fourth-order valence-corrected chi connectivity index (χ4v) is 7.52. The van der Waals surface area contributed by atoms with Crippen LogP contribution >= 0.6 is 0 Å². The van der Waals surface area contributed by atoms with Crippen molar-refractivity contribution < 1.29 is 0 Å². The zero-order valence-corrected chi connectivity index (χ0v) is 26.1. The highest BCUT2D eigenvalue weighted by molar-refractivity contribution is 6.23. The topological polar surface area (TPSA) is 22.2 Å². The van der Waals surface area contributed by atoms with Crippen molar-refractivity contribution in [1.29, 1.82) is 0 Å². The van der Waals surface area contributed by atoms with Gasteiger partial charge >= 0.3 is 0 Å². The van der Waals surface area contributed by atoms with E-state index in [1.54, 1.807) is 0 Å². The van der Waals surface area contributed by atoms with Crippen molar-refractivity contribution in [3.8, 4) is 39.5 Å². The molecule has 0 saturated carbocycles. The number of benzene rings is 7. The number of hydrogen-bond donors (Lipinski definition) is 0. The molecule has 0 saturated heterocycles. The Morgan fingerprint density at radius 1 is 0.354 bits per heavy atom. The van der Waals surface area contributed by atoms with Gasteiger partial charge < -0.3 is 4.57 Å². The maximum absolute atomic E-state index is 5.49. The molecule has 0 radical (unpaired) electrons. The van der Waals surface area contributed by atoms with Gasteiger partial charge in [0.25, 0.3) is 0 Å². The summed E-state index contributed by atoms with van der Waals surface area (Å²) in [7, 11) is 0. The number of para-hydroxylation sites is 3. The average molecular weight is 612 g/mol. The van der Waals surface area contributed by atoms with E-state index in [2.05, 4.69) is 185 Å². The van der Waals surface area contributed by atoms with Crippen LogP contribution in [-0.2, 0) is 0 Å². The number of aromatic nitrogens is 3. The molecule has 0 amide bonds. The van der Waals surface area contributed by atoms with Crippen LogP contribution in [0.25, 0.3) is 88.5 Å². The van der Waals surface area contributed by atoms with E-state index in [1.165, 1.54) is 49.1 Å². The van der Waals surface area contributed by atoms with Crippen molar-refractivity contribution in [2.45, 2.75) is 0 Å². The number of pyridine rings is 1. The molecule has 0 atom stereocenters. The molecule has 48 heavy (non-hydrogen) atoms. The molecule has 0 aliphatic rings. The standard InChI is InChI=1S/C45H29N3/c1-4-14-30(15-5-1)31-24-26-32(27-25-31)43-44-39-29-42-38(36-21-11-12-22-40(36)47(42)34-18-8-3-9-19-34)28-37(39)35-20-10-13-23-41(35)48(44)45(46-43)33-16-6-2-7-17-33/h1-29H. The van der Waals surface area contributed by atoms with Crippen molar-refractivity contribution >= 4 is 49.0 Å². The lowest BCUT2D eigenvalue weighted by atomic mass is 9.98. The smallest absolute Gasteiger partial charge is 0.145 e. The third kappa shape index (κ3) is 3.98. The Labute approximate surface area is 277 Å². The Kier molecular flexibility index (Phi) is 5.87. The lowest BCUT2D eigenvalue weighted by molar-refractivity contribution is 1.18. The monoisotopic (exact) mass is 611 g/mol. The molecule has 3 heteroatoms. The molecule has 3 aromatic heterocycles. The fourth-order valence-electron chi connectivity index (χ4n) is 7.52. The second-order valence-corrected chi connectivity index (χ2v) is 12.4. The van der Waals surface area contributed by atoms with Gasteiger partial charge in [0.1, 0.15) is 5.82 Å². The van der Waals surface area contributed by atoms with Gasteiger partial charge in [-0.25, -0.2) is 4.98 Å². The van der Waals surface area contributed by atoms with E-state index in [-0.39, 0.29) is 0 Å². The Bertz CT molecular complexity index is 2790. The van der Waals surface area contributed by atoms with Crippen molar-refractivity contribution in [2.24, 2.45) is 0 Å². The zero-order valence-electron chi connectivity index (χ0n) is 26.1. The van der Waals surface area contributed by atoms with E-state index >= 15 is 0 Å². The Balaban J connectivity index is 1.37. The second kappa shape index (κ2) is 10.5. The molecule has 10 rings (SSSR count). The van der Waals surface area contributed by atoms with E-state index in [0.717, 1.165) is 39.4 Å². The van der Waals surface area contributed by atoms with E-state index in [4.69, 9.17) is 4.98 Å². The van der Waals surface area contributed by atoms with Gasteiger partial charge in [0.15, 0.2) is 0 Å². The molecular formula is C45H29N3. The highest BCUT2D eigenvalue weighted by Gasteiger charge is 2.22. The van der Waals surface area contributed by atoms with Gasteiger partial charge in [-0.05, 0) is 52.9 Å². The highest BCUT2D eigenvalue weighted by Crippen LogP contribution is 2.43. The Morgan fingerprint density at radius 2 is 0.896 bits per heavy atom. The number of rotatable bonds is 4. The third-order valence-electron chi connectivity index (χ3n) is 9.69. The summed E-state index contributed by atoms with van der Waals surface area (Å²) in [6.07, 6.45) is 0. The summed E-state index contributed by atoms with van der Waals surface area (Å²) in [5.41, 5.74) is 11.3. The van der Waals surface area contributed by atoms with Crippen LogP contribution in [0.2, 0.25) is 0 Å². The molecule has 3 heterocycles. The van der Waals surface area contributed by atoms with Gasteiger partial charge in [-0.3, -0.25) is 4.40 Å². The molecule has 0 bridgehead atoms. The maximum atomic E-state index is 5.49. The molecular weight excluding hydrogens is 583 g/mol. The zero-order chi connectivity index (χ0) is 31.6. The molecule has 0 spiro atoms. The van der Waals surface area contributed by atoms with Gasteiger partial charge in [-0.1, -0.05) is 140 Å². The first-order valence-corrected chi connectivity index (χ1v) is 16.4. The summed E-state index contributed by atoms with van der Waals surface area (Å²) in [6.45, 7) is 0. The number of hydrogen-bond acceptors (Lipinski definition) is 1. The van der Waals surface area contributed by atoms with E-state index in [0.29, 0.717) is 0 Å². The van der Waals surface area contributed by atoms with E-state index in [9.17, 15) is 0 Å². The maximum Gasteiger partial charge on any atom is 0.145 e. The lowest BCUT2D eigenvalue weighted by Gasteiger charge is -2.13. The molecule has 0 unspecified atom stereocenters. The molecule has 10 aromatic rings. The average Bonchev–Trinajstić information content (AvgIpc) is 3.72. The summed E-state index contributed by atoms with van der Waals surface area (Å²) in [4.78, 5) is 5.49. The van der Waals surface area contributed by atoms with Crippen molar-refractivity contribution in [2.75, 3.05) is 0 Å². The quantitative estimate of drug-likeness (QED) is 0.182. The van der Waals surface area contributed by atoms with Crippen LogP contribution in [0.1, 0.15) is 0 Å². The normalized spacial score (nSPS) is 11.8.